The summed E-state index contributed by atoms with van der Waals surface area (Å²) < 4.78 is 0.833. The fourth-order valence-corrected chi connectivity index (χ4v) is 3.33. The Morgan fingerprint density at radius 1 is 1.25 bits per heavy atom. The molecule has 2 aromatic rings. The van der Waals surface area contributed by atoms with E-state index in [-0.39, 0.29) is 5.78 Å². The van der Waals surface area contributed by atoms with Crippen molar-refractivity contribution in [1.29, 1.82) is 0 Å². The van der Waals surface area contributed by atoms with Crippen LogP contribution in [-0.4, -0.2) is 16.8 Å². The summed E-state index contributed by atoms with van der Waals surface area (Å²) >= 11 is 4.62. The van der Waals surface area contributed by atoms with E-state index in [0.29, 0.717) is 22.8 Å². The first-order valence-corrected chi connectivity index (χ1v) is 9.43. The van der Waals surface area contributed by atoms with Gasteiger partial charge in [-0.25, -0.2) is 9.78 Å². The second kappa shape index (κ2) is 8.94. The Bertz CT molecular complexity index is 730. The molecule has 0 saturated carbocycles. The van der Waals surface area contributed by atoms with Crippen LogP contribution in [0, 0.1) is 6.92 Å². The monoisotopic (exact) mass is 409 g/mol. The largest absolute Gasteiger partial charge is 0.325 e. The second-order valence-electron chi connectivity index (χ2n) is 5.48. The maximum Gasteiger partial charge on any atom is 0.325 e. The van der Waals surface area contributed by atoms with Gasteiger partial charge in [0.25, 0.3) is 0 Å². The molecule has 5 nitrogen and oxygen atoms in total. The molecule has 1 heterocycles. The number of carbonyl (C=O) groups excluding carboxylic acids is 2. The lowest BCUT2D eigenvalue weighted by molar-refractivity contribution is 0.0980. The van der Waals surface area contributed by atoms with E-state index in [1.165, 1.54) is 11.3 Å². The van der Waals surface area contributed by atoms with Crippen LogP contribution < -0.4 is 10.6 Å². The van der Waals surface area contributed by atoms with Crippen molar-refractivity contribution in [2.24, 2.45) is 0 Å². The number of amides is 2. The zero-order valence-corrected chi connectivity index (χ0v) is 16.1. The number of unbranched alkanes of at least 4 members (excludes halogenated alkanes) is 2. The Balaban J connectivity index is 2.08. The minimum Gasteiger partial charge on any atom is -0.307 e. The van der Waals surface area contributed by atoms with Gasteiger partial charge in [-0.3, -0.25) is 10.1 Å². The minimum atomic E-state index is -0.414. The number of nitrogens with zero attached hydrogens (tertiary/aromatic N) is 1. The van der Waals surface area contributed by atoms with E-state index in [2.05, 4.69) is 38.5 Å². The Labute approximate surface area is 154 Å². The SMILES string of the molecule is CCCCCC(=O)c1cc(C)ccc1NC(=O)Nc1ncc(Br)s1. The maximum atomic E-state index is 12.4. The average Bonchev–Trinajstić information content (AvgIpc) is 2.94. The molecule has 0 aliphatic heterocycles. The van der Waals surface area contributed by atoms with Crippen molar-refractivity contribution in [1.82, 2.24) is 4.98 Å². The van der Waals surface area contributed by atoms with Gasteiger partial charge >= 0.3 is 6.03 Å². The highest BCUT2D eigenvalue weighted by atomic mass is 79.9. The zero-order chi connectivity index (χ0) is 17.5. The number of aromatic nitrogens is 1. The molecule has 128 valence electrons. The molecule has 24 heavy (non-hydrogen) atoms. The first-order valence-electron chi connectivity index (χ1n) is 7.82. The molecule has 0 aliphatic carbocycles. The van der Waals surface area contributed by atoms with Crippen LogP contribution >= 0.6 is 27.3 Å². The van der Waals surface area contributed by atoms with E-state index in [9.17, 15) is 9.59 Å². The normalized spacial score (nSPS) is 10.5. The topological polar surface area (TPSA) is 71.1 Å². The van der Waals surface area contributed by atoms with Crippen LogP contribution in [0.3, 0.4) is 0 Å². The van der Waals surface area contributed by atoms with E-state index >= 15 is 0 Å². The van der Waals surface area contributed by atoms with Crippen molar-refractivity contribution >= 4 is 49.9 Å². The van der Waals surface area contributed by atoms with Gasteiger partial charge in [0.15, 0.2) is 10.9 Å². The fraction of sp³-hybridized carbons (Fsp3) is 0.353. The number of hydrogen-bond acceptors (Lipinski definition) is 4. The van der Waals surface area contributed by atoms with Gasteiger partial charge in [-0.05, 0) is 41.4 Å². The van der Waals surface area contributed by atoms with Crippen molar-refractivity contribution in [3.05, 3.63) is 39.3 Å². The van der Waals surface area contributed by atoms with E-state index in [0.717, 1.165) is 28.6 Å². The number of aryl methyl sites for hydroxylation is 1. The number of carbonyl (C=O) groups is 2. The molecule has 0 fully saturated rings. The molecule has 7 heteroatoms. The molecular weight excluding hydrogens is 390 g/mol. The van der Waals surface area contributed by atoms with Crippen LogP contribution in [0.1, 0.15) is 48.5 Å². The lowest BCUT2D eigenvalue weighted by Crippen LogP contribution is -2.21. The highest BCUT2D eigenvalue weighted by molar-refractivity contribution is 9.11. The lowest BCUT2D eigenvalue weighted by Gasteiger charge is -2.11. The number of benzene rings is 1. The molecule has 0 aliphatic rings. The van der Waals surface area contributed by atoms with E-state index < -0.39 is 6.03 Å². The third kappa shape index (κ3) is 5.42. The predicted molar refractivity (Wildman–Crippen MR) is 102 cm³/mol. The average molecular weight is 410 g/mol. The molecule has 0 radical (unpaired) electrons. The minimum absolute atomic E-state index is 0.0550. The molecule has 0 bridgehead atoms. The van der Waals surface area contributed by atoms with Gasteiger partial charge < -0.3 is 5.32 Å². The number of hydrogen-bond donors (Lipinski definition) is 2. The van der Waals surface area contributed by atoms with E-state index in [1.807, 2.05) is 19.1 Å². The number of anilines is 2. The molecule has 2 N–H and O–H groups in total. The Morgan fingerprint density at radius 3 is 2.71 bits per heavy atom. The summed E-state index contributed by atoms with van der Waals surface area (Å²) in [5, 5.41) is 5.90. The van der Waals surface area contributed by atoms with E-state index in [1.54, 1.807) is 12.3 Å². The molecule has 2 amide bonds. The summed E-state index contributed by atoms with van der Waals surface area (Å²) in [7, 11) is 0. The van der Waals surface area contributed by atoms with Crippen LogP contribution in [0.4, 0.5) is 15.6 Å². The summed E-state index contributed by atoms with van der Waals surface area (Å²) in [4.78, 5) is 28.6. The van der Waals surface area contributed by atoms with Gasteiger partial charge in [-0.1, -0.05) is 42.7 Å². The molecule has 0 atom stereocenters. The number of ketones is 1. The van der Waals surface area contributed by atoms with E-state index in [4.69, 9.17) is 0 Å². The highest BCUT2D eigenvalue weighted by Gasteiger charge is 2.14. The summed E-state index contributed by atoms with van der Waals surface area (Å²) in [6.45, 7) is 4.03. The van der Waals surface area contributed by atoms with Crippen LogP contribution in [0.5, 0.6) is 0 Å². The molecule has 1 aromatic carbocycles. The zero-order valence-electron chi connectivity index (χ0n) is 13.7. The Kier molecular flexibility index (Phi) is 6.93. The second-order valence-corrected chi connectivity index (χ2v) is 7.89. The van der Waals surface area contributed by atoms with Crippen LogP contribution in [0.25, 0.3) is 0 Å². The standard InChI is InChI=1S/C17H20BrN3O2S/c1-3-4-5-6-14(22)12-9-11(2)7-8-13(12)20-16(23)21-17-19-10-15(18)24-17/h7-10H,3-6H2,1-2H3,(H2,19,20,21,23). The first-order chi connectivity index (χ1) is 11.5. The Hall–Kier alpha value is -1.73. The fourth-order valence-electron chi connectivity index (χ4n) is 2.23. The summed E-state index contributed by atoms with van der Waals surface area (Å²) in [5.74, 6) is 0.0550. The van der Waals surface area contributed by atoms with Gasteiger partial charge in [-0.15, -0.1) is 0 Å². The number of nitrogens with one attached hydrogen (secondary N) is 2. The quantitative estimate of drug-likeness (QED) is 0.460. The third-order valence-electron chi connectivity index (χ3n) is 3.43. The van der Waals surface area contributed by atoms with Gasteiger partial charge in [0.1, 0.15) is 0 Å². The lowest BCUT2D eigenvalue weighted by atomic mass is 10.0. The van der Waals surface area contributed by atoms with Gasteiger partial charge in [0, 0.05) is 12.0 Å². The van der Waals surface area contributed by atoms with Gasteiger partial charge in [-0.2, -0.15) is 0 Å². The maximum absolute atomic E-state index is 12.4. The number of urea groups is 1. The van der Waals surface area contributed by atoms with Gasteiger partial charge in [0.2, 0.25) is 0 Å². The number of thiazole rings is 1. The highest BCUT2D eigenvalue weighted by Crippen LogP contribution is 2.24. The van der Waals surface area contributed by atoms with Crippen molar-refractivity contribution < 1.29 is 9.59 Å². The smallest absolute Gasteiger partial charge is 0.307 e. The Morgan fingerprint density at radius 2 is 2.04 bits per heavy atom. The first kappa shape index (κ1) is 18.6. The molecular formula is C17H20BrN3O2S. The summed E-state index contributed by atoms with van der Waals surface area (Å²) in [6.07, 6.45) is 5.07. The molecule has 2 rings (SSSR count). The number of halogens is 1. The van der Waals surface area contributed by atoms with Crippen LogP contribution in [0.2, 0.25) is 0 Å². The molecule has 1 aromatic heterocycles. The predicted octanol–water partition coefficient (Wildman–Crippen LogP) is 5.62. The van der Waals surface area contributed by atoms with Crippen molar-refractivity contribution in [2.45, 2.75) is 39.5 Å². The summed E-state index contributed by atoms with van der Waals surface area (Å²) in [5.41, 5.74) is 2.07. The molecule has 0 saturated heterocycles. The molecule has 0 spiro atoms. The van der Waals surface area contributed by atoms with Crippen molar-refractivity contribution in [3.63, 3.8) is 0 Å². The van der Waals surface area contributed by atoms with Crippen molar-refractivity contribution in [3.8, 4) is 0 Å². The van der Waals surface area contributed by atoms with Crippen LogP contribution in [0.15, 0.2) is 28.2 Å². The van der Waals surface area contributed by atoms with Crippen LogP contribution in [-0.2, 0) is 0 Å². The third-order valence-corrected chi connectivity index (χ3v) is 4.82. The number of rotatable bonds is 7. The van der Waals surface area contributed by atoms with Crippen molar-refractivity contribution in [2.75, 3.05) is 10.6 Å². The number of Topliss-reactive ketones (excluding diaryl/α,β-unsaturated/α-hetero) is 1. The molecule has 0 unspecified atom stereocenters. The van der Waals surface area contributed by atoms with Gasteiger partial charge in [0.05, 0.1) is 15.7 Å². The summed E-state index contributed by atoms with van der Waals surface area (Å²) in [6, 6.07) is 5.05.